The number of hydrogen-bond acceptors (Lipinski definition) is 5. The number of nitrogens with one attached hydrogen (secondary N) is 1. The van der Waals surface area contributed by atoms with Crippen LogP contribution in [-0.2, 0) is 16.2 Å². The predicted molar refractivity (Wildman–Crippen MR) is 125 cm³/mol. The zero-order chi connectivity index (χ0) is 22.1. The van der Waals surface area contributed by atoms with Gasteiger partial charge in [0.25, 0.3) is 5.91 Å². The fourth-order valence-corrected chi connectivity index (χ4v) is 3.44. The van der Waals surface area contributed by atoms with Gasteiger partial charge < -0.3 is 19.6 Å². The third-order valence-electron chi connectivity index (χ3n) is 4.05. The van der Waals surface area contributed by atoms with Gasteiger partial charge in [-0.2, -0.15) is 0 Å². The second-order valence-electron chi connectivity index (χ2n) is 6.37. The van der Waals surface area contributed by atoms with Crippen LogP contribution in [0.15, 0.2) is 76.4 Å². The lowest BCUT2D eigenvalue weighted by molar-refractivity contribution is -0.120. The first-order valence-corrected chi connectivity index (χ1v) is 10.5. The summed E-state index contributed by atoms with van der Waals surface area (Å²) in [6.07, 6.45) is 1.49. The smallest absolute Gasteiger partial charge is 0.265 e. The Morgan fingerprint density at radius 3 is 2.68 bits per heavy atom. The van der Waals surface area contributed by atoms with Gasteiger partial charge in [-0.1, -0.05) is 47.1 Å². The zero-order valence-corrected chi connectivity index (χ0v) is 19.0. The van der Waals surface area contributed by atoms with Gasteiger partial charge >= 0.3 is 0 Å². The number of oxime groups is 1. The van der Waals surface area contributed by atoms with E-state index >= 15 is 0 Å². The third kappa shape index (κ3) is 7.01. The molecule has 0 aliphatic rings. The molecule has 0 heterocycles. The minimum Gasteiger partial charge on any atom is -0.493 e. The van der Waals surface area contributed by atoms with E-state index in [1.54, 1.807) is 25.3 Å². The molecule has 1 amide bonds. The number of halogens is 2. The molecule has 0 aliphatic carbocycles. The van der Waals surface area contributed by atoms with E-state index in [1.807, 2.05) is 48.5 Å². The van der Waals surface area contributed by atoms with Crippen molar-refractivity contribution in [1.29, 1.82) is 0 Å². The van der Waals surface area contributed by atoms with Gasteiger partial charge in [0.15, 0.2) is 18.1 Å². The van der Waals surface area contributed by atoms with Crippen LogP contribution in [0.2, 0.25) is 5.02 Å². The van der Waals surface area contributed by atoms with Crippen molar-refractivity contribution >= 4 is 45.3 Å². The second kappa shape index (κ2) is 11.4. The number of ether oxygens (including phenoxy) is 2. The van der Waals surface area contributed by atoms with Gasteiger partial charge in [-0.3, -0.25) is 4.79 Å². The molecule has 3 aromatic rings. The fourth-order valence-electron chi connectivity index (χ4n) is 2.65. The van der Waals surface area contributed by atoms with Gasteiger partial charge in [0.05, 0.1) is 17.8 Å². The summed E-state index contributed by atoms with van der Waals surface area (Å²) in [7, 11) is 1.55. The molecule has 3 rings (SSSR count). The van der Waals surface area contributed by atoms with Crippen LogP contribution in [0.25, 0.3) is 0 Å². The average molecular weight is 504 g/mol. The minimum absolute atomic E-state index is 0.204. The molecule has 0 saturated carbocycles. The average Bonchev–Trinajstić information content (AvgIpc) is 2.76. The Hall–Kier alpha value is -3.03. The molecule has 160 valence electrons. The van der Waals surface area contributed by atoms with Crippen LogP contribution < -0.4 is 14.8 Å². The molecular weight excluding hydrogens is 484 g/mol. The maximum atomic E-state index is 11.9. The number of anilines is 1. The summed E-state index contributed by atoms with van der Waals surface area (Å²) in [6.45, 7) is 0.132. The minimum atomic E-state index is -0.299. The van der Waals surface area contributed by atoms with E-state index in [-0.39, 0.29) is 12.5 Å². The first-order valence-electron chi connectivity index (χ1n) is 9.30. The number of nitrogens with zero attached hydrogens (tertiary/aromatic N) is 1. The van der Waals surface area contributed by atoms with Crippen molar-refractivity contribution in [3.05, 3.63) is 87.4 Å². The third-order valence-corrected chi connectivity index (χ3v) is 4.88. The number of carbonyl (C=O) groups is 1. The molecule has 0 bridgehead atoms. The van der Waals surface area contributed by atoms with Crippen molar-refractivity contribution in [1.82, 2.24) is 0 Å². The normalized spacial score (nSPS) is 10.7. The van der Waals surface area contributed by atoms with Gasteiger partial charge in [0.2, 0.25) is 0 Å². The van der Waals surface area contributed by atoms with Crippen molar-refractivity contribution < 1.29 is 19.1 Å². The molecule has 0 aromatic heterocycles. The van der Waals surface area contributed by atoms with Gasteiger partial charge in [-0.25, -0.2) is 0 Å². The van der Waals surface area contributed by atoms with Crippen LogP contribution in [-0.4, -0.2) is 25.8 Å². The summed E-state index contributed by atoms with van der Waals surface area (Å²) in [5.74, 6) is 0.786. The van der Waals surface area contributed by atoms with Gasteiger partial charge in [0.1, 0.15) is 6.61 Å². The highest BCUT2D eigenvalue weighted by Crippen LogP contribution is 2.37. The van der Waals surface area contributed by atoms with Gasteiger partial charge in [-0.05, 0) is 57.9 Å². The Bertz CT molecular complexity index is 1060. The highest BCUT2D eigenvalue weighted by Gasteiger charge is 2.12. The molecule has 0 fully saturated rings. The van der Waals surface area contributed by atoms with Crippen molar-refractivity contribution in [2.24, 2.45) is 5.16 Å². The van der Waals surface area contributed by atoms with Crippen LogP contribution in [0.4, 0.5) is 5.69 Å². The molecule has 31 heavy (non-hydrogen) atoms. The lowest BCUT2D eigenvalue weighted by Crippen LogP contribution is -2.16. The molecule has 8 heteroatoms. The lowest BCUT2D eigenvalue weighted by atomic mass is 10.2. The molecule has 0 unspecified atom stereocenters. The Balaban J connectivity index is 1.57. The quantitative estimate of drug-likeness (QED) is 0.301. The summed E-state index contributed by atoms with van der Waals surface area (Å²) >= 11 is 9.52. The summed E-state index contributed by atoms with van der Waals surface area (Å²) in [5, 5.41) is 7.22. The molecule has 3 aromatic carbocycles. The van der Waals surface area contributed by atoms with E-state index in [9.17, 15) is 4.79 Å². The van der Waals surface area contributed by atoms with E-state index in [4.69, 9.17) is 25.9 Å². The maximum absolute atomic E-state index is 11.9. The highest BCUT2D eigenvalue weighted by atomic mass is 79.9. The largest absolute Gasteiger partial charge is 0.493 e. The number of methoxy groups -OCH3 is 1. The number of rotatable bonds is 9. The Morgan fingerprint density at radius 1 is 1.13 bits per heavy atom. The SMILES string of the molecule is COc1cc(/C=N/OCC(=O)Nc2ccccc2)cc(Br)c1OCc1cccc(Cl)c1. The summed E-state index contributed by atoms with van der Waals surface area (Å²) < 4.78 is 12.0. The molecule has 1 N–H and O–H groups in total. The van der Waals surface area contributed by atoms with Crippen LogP contribution in [0, 0.1) is 0 Å². The summed E-state index contributed by atoms with van der Waals surface area (Å²) in [6, 6.07) is 20.1. The summed E-state index contributed by atoms with van der Waals surface area (Å²) in [5.41, 5.74) is 2.35. The highest BCUT2D eigenvalue weighted by molar-refractivity contribution is 9.10. The van der Waals surface area contributed by atoms with Crippen molar-refractivity contribution in [3.63, 3.8) is 0 Å². The second-order valence-corrected chi connectivity index (χ2v) is 7.67. The van der Waals surface area contributed by atoms with Crippen molar-refractivity contribution in [3.8, 4) is 11.5 Å². The topological polar surface area (TPSA) is 69.2 Å². The molecule has 0 atom stereocenters. The monoisotopic (exact) mass is 502 g/mol. The van der Waals surface area contributed by atoms with Crippen LogP contribution in [0.5, 0.6) is 11.5 Å². The maximum Gasteiger partial charge on any atom is 0.265 e. The predicted octanol–water partition coefficient (Wildman–Crippen LogP) is 5.68. The molecule has 0 radical (unpaired) electrons. The molecule has 0 aliphatic heterocycles. The molecule has 0 spiro atoms. The lowest BCUT2D eigenvalue weighted by Gasteiger charge is -2.13. The van der Waals surface area contributed by atoms with E-state index in [2.05, 4.69) is 26.4 Å². The zero-order valence-electron chi connectivity index (χ0n) is 16.7. The number of hydrogen-bond donors (Lipinski definition) is 1. The van der Waals surface area contributed by atoms with Gasteiger partial charge in [-0.15, -0.1) is 0 Å². The van der Waals surface area contributed by atoms with Crippen molar-refractivity contribution in [2.75, 3.05) is 19.0 Å². The Labute approximate surface area is 193 Å². The number of carbonyl (C=O) groups excluding carboxylic acids is 1. The number of para-hydroxylation sites is 1. The molecular formula is C23H20BrClN2O4. The Kier molecular flexibility index (Phi) is 8.32. The molecule has 6 nitrogen and oxygen atoms in total. The fraction of sp³-hybridized carbons (Fsp3) is 0.130. The number of amides is 1. The number of benzene rings is 3. The van der Waals surface area contributed by atoms with E-state index in [1.165, 1.54) is 6.21 Å². The Morgan fingerprint density at radius 2 is 1.94 bits per heavy atom. The standard InChI is InChI=1S/C23H20BrClN2O4/c1-29-21-12-17(13-26-31-15-22(28)27-19-8-3-2-4-9-19)11-20(24)23(21)30-14-16-6-5-7-18(25)10-16/h2-13H,14-15H2,1H3,(H,27,28)/b26-13+. The molecule has 0 saturated heterocycles. The van der Waals surface area contributed by atoms with Crippen LogP contribution >= 0.6 is 27.5 Å². The van der Waals surface area contributed by atoms with Crippen molar-refractivity contribution in [2.45, 2.75) is 6.61 Å². The summed E-state index contributed by atoms with van der Waals surface area (Å²) in [4.78, 5) is 17.0. The van der Waals surface area contributed by atoms with E-state index in [0.717, 1.165) is 5.56 Å². The van der Waals surface area contributed by atoms with Crippen LogP contribution in [0.3, 0.4) is 0 Å². The first-order chi connectivity index (χ1) is 15.0. The van der Waals surface area contributed by atoms with Crippen LogP contribution in [0.1, 0.15) is 11.1 Å². The van der Waals surface area contributed by atoms with E-state index < -0.39 is 0 Å². The first kappa shape index (κ1) is 22.7. The van der Waals surface area contributed by atoms with E-state index in [0.29, 0.717) is 38.9 Å². The van der Waals surface area contributed by atoms with Gasteiger partial charge in [0, 0.05) is 16.3 Å².